The number of hydrogen-bond acceptors (Lipinski definition) is 5. The van der Waals surface area contributed by atoms with E-state index in [1.807, 2.05) is 11.8 Å². The third-order valence-corrected chi connectivity index (χ3v) is 4.94. The number of carbonyl (C=O) groups excluding carboxylic acids is 1. The normalized spacial score (nSPS) is 21.1. The minimum atomic E-state index is 0.0302. The van der Waals surface area contributed by atoms with Crippen molar-refractivity contribution in [1.82, 2.24) is 0 Å². The maximum absolute atomic E-state index is 12.3. The van der Waals surface area contributed by atoms with Crippen molar-refractivity contribution in [2.24, 2.45) is 11.1 Å². The van der Waals surface area contributed by atoms with Gasteiger partial charge in [-0.25, -0.2) is 0 Å². The van der Waals surface area contributed by atoms with Gasteiger partial charge in [-0.1, -0.05) is 30.6 Å². The number of nitrogens with zero attached hydrogens (tertiary/aromatic N) is 1. The number of allylic oxidation sites excluding steroid dienone is 2. The average molecular weight is 360 g/mol. The van der Waals surface area contributed by atoms with Crippen LogP contribution in [0.5, 0.6) is 0 Å². The van der Waals surface area contributed by atoms with Gasteiger partial charge in [-0.05, 0) is 31.1 Å². The van der Waals surface area contributed by atoms with E-state index in [4.69, 9.17) is 16.4 Å². The lowest BCUT2D eigenvalue weighted by molar-refractivity contribution is -0.117. The number of rotatable bonds is 9. The molecule has 0 radical (unpaired) electrons. The van der Waals surface area contributed by atoms with E-state index in [2.05, 4.69) is 19.0 Å². The van der Waals surface area contributed by atoms with Gasteiger partial charge in [-0.3, -0.25) is 4.79 Å². The molecular weight excluding hydrogens is 334 g/mol. The van der Waals surface area contributed by atoms with Gasteiger partial charge in [0.15, 0.2) is 5.78 Å². The molecular formula is C17H26ClNO3S. The predicted molar refractivity (Wildman–Crippen MR) is 98.3 cm³/mol. The second kappa shape index (κ2) is 10.8. The Labute approximate surface area is 148 Å². The monoisotopic (exact) mass is 359 g/mol. The Hall–Kier alpha value is -0.940. The second-order valence-corrected chi connectivity index (χ2v) is 7.75. The lowest BCUT2D eigenvalue weighted by Crippen LogP contribution is -2.23. The van der Waals surface area contributed by atoms with Gasteiger partial charge in [0.05, 0.1) is 11.5 Å². The van der Waals surface area contributed by atoms with Crippen molar-refractivity contribution in [2.45, 2.75) is 51.7 Å². The Morgan fingerprint density at radius 1 is 1.57 bits per heavy atom. The first-order valence-corrected chi connectivity index (χ1v) is 9.42. The molecule has 2 atom stereocenters. The van der Waals surface area contributed by atoms with Gasteiger partial charge in [-0.15, -0.1) is 0 Å². The molecule has 1 aliphatic carbocycles. The summed E-state index contributed by atoms with van der Waals surface area (Å²) in [6.07, 6.45) is 4.01. The molecule has 0 saturated carbocycles. The molecule has 0 amide bonds. The number of halogens is 1. The van der Waals surface area contributed by atoms with Gasteiger partial charge < -0.3 is 9.94 Å². The van der Waals surface area contributed by atoms with Crippen LogP contribution >= 0.6 is 23.4 Å². The molecule has 23 heavy (non-hydrogen) atoms. The van der Waals surface area contributed by atoms with E-state index >= 15 is 0 Å². The molecule has 0 bridgehead atoms. The van der Waals surface area contributed by atoms with Crippen LogP contribution < -0.4 is 0 Å². The molecule has 0 aromatic rings. The summed E-state index contributed by atoms with van der Waals surface area (Å²) in [5.74, 6) is 1.56. The molecule has 0 heterocycles. The quantitative estimate of drug-likeness (QED) is 0.363. The van der Waals surface area contributed by atoms with Crippen molar-refractivity contribution in [2.75, 3.05) is 12.4 Å². The Balaban J connectivity index is 2.60. The first-order chi connectivity index (χ1) is 11.0. The van der Waals surface area contributed by atoms with Crippen LogP contribution in [-0.2, 0) is 9.63 Å². The number of carbonyl (C=O) groups is 1. The molecule has 0 aromatic heterocycles. The van der Waals surface area contributed by atoms with Gasteiger partial charge in [0.25, 0.3) is 0 Å². The maximum Gasteiger partial charge on any atom is 0.162 e. The van der Waals surface area contributed by atoms with Crippen LogP contribution in [0.2, 0.25) is 0 Å². The smallest absolute Gasteiger partial charge is 0.162 e. The Morgan fingerprint density at radius 3 is 2.91 bits per heavy atom. The first kappa shape index (κ1) is 20.1. The summed E-state index contributed by atoms with van der Waals surface area (Å²) in [7, 11) is 0. The molecule has 1 N–H and O–H groups in total. The Bertz CT molecular complexity index is 488. The van der Waals surface area contributed by atoms with Gasteiger partial charge in [0.1, 0.15) is 6.61 Å². The number of ketones is 1. The van der Waals surface area contributed by atoms with Crippen LogP contribution in [0.25, 0.3) is 0 Å². The van der Waals surface area contributed by atoms with E-state index in [-0.39, 0.29) is 24.1 Å². The summed E-state index contributed by atoms with van der Waals surface area (Å²) < 4.78 is 0. The third kappa shape index (κ3) is 7.44. The molecule has 4 nitrogen and oxygen atoms in total. The maximum atomic E-state index is 12.3. The number of aliphatic hydroxyl groups excluding tert-OH is 1. The standard InChI is InChI=1S/C17H26ClNO3S/c1-4-23-13(3)9-14-10-16(20)15(17(21)11-14)8-12(2)19-22-7-5-6-18/h5-6,13-14,20H,4,7-11H2,1-3H3/b6-5+,19-12-. The van der Waals surface area contributed by atoms with E-state index < -0.39 is 0 Å². The van der Waals surface area contributed by atoms with Crippen molar-refractivity contribution in [3.63, 3.8) is 0 Å². The minimum Gasteiger partial charge on any atom is -0.512 e. The fraction of sp³-hybridized carbons (Fsp3) is 0.647. The summed E-state index contributed by atoms with van der Waals surface area (Å²) in [5, 5.41) is 14.7. The molecule has 130 valence electrons. The number of thioether (sulfide) groups is 1. The predicted octanol–water partition coefficient (Wildman–Crippen LogP) is 4.84. The molecule has 0 saturated heterocycles. The lowest BCUT2D eigenvalue weighted by Gasteiger charge is -2.25. The van der Waals surface area contributed by atoms with Crippen molar-refractivity contribution >= 4 is 34.9 Å². The summed E-state index contributed by atoms with van der Waals surface area (Å²) in [5.41, 5.74) is 2.51. The van der Waals surface area contributed by atoms with Crippen LogP contribution in [0.15, 0.2) is 28.1 Å². The molecule has 2 unspecified atom stereocenters. The second-order valence-electron chi connectivity index (χ2n) is 5.79. The van der Waals surface area contributed by atoms with E-state index in [0.29, 0.717) is 35.8 Å². The van der Waals surface area contributed by atoms with E-state index in [0.717, 1.165) is 12.2 Å². The van der Waals surface area contributed by atoms with Crippen LogP contribution in [-0.4, -0.2) is 34.2 Å². The summed E-state index contributed by atoms with van der Waals surface area (Å²) in [6, 6.07) is 0. The van der Waals surface area contributed by atoms with Crippen LogP contribution in [0.3, 0.4) is 0 Å². The third-order valence-electron chi connectivity index (χ3n) is 3.67. The molecule has 0 aromatic carbocycles. The zero-order valence-corrected chi connectivity index (χ0v) is 15.6. The molecule has 1 aliphatic rings. The SMILES string of the molecule is CCSC(C)CC1CC(=O)C(C/C(C)=N\OC/C=C/Cl)=C(O)C1. The molecule has 0 aliphatic heterocycles. The average Bonchev–Trinajstić information content (AvgIpc) is 2.47. The highest BCUT2D eigenvalue weighted by atomic mass is 35.5. The van der Waals surface area contributed by atoms with Gasteiger partial charge >= 0.3 is 0 Å². The number of aliphatic hydroxyl groups is 1. The zero-order chi connectivity index (χ0) is 17.2. The molecule has 6 heteroatoms. The highest BCUT2D eigenvalue weighted by Gasteiger charge is 2.28. The Kier molecular flexibility index (Phi) is 9.41. The van der Waals surface area contributed by atoms with E-state index in [1.54, 1.807) is 13.0 Å². The van der Waals surface area contributed by atoms with Crippen molar-refractivity contribution in [1.29, 1.82) is 0 Å². The van der Waals surface area contributed by atoms with E-state index in [1.165, 1.54) is 5.54 Å². The lowest BCUT2D eigenvalue weighted by atomic mass is 9.83. The van der Waals surface area contributed by atoms with Crippen molar-refractivity contribution in [3.8, 4) is 0 Å². The van der Waals surface area contributed by atoms with Crippen LogP contribution in [0.1, 0.15) is 46.5 Å². The Morgan fingerprint density at radius 2 is 2.30 bits per heavy atom. The number of Topliss-reactive ketones (excluding diaryl/α,β-unsaturated/α-hetero) is 1. The zero-order valence-electron chi connectivity index (χ0n) is 14.0. The number of oxime groups is 1. The first-order valence-electron chi connectivity index (χ1n) is 7.94. The molecule has 1 rings (SSSR count). The fourth-order valence-corrected chi connectivity index (χ4v) is 3.77. The highest BCUT2D eigenvalue weighted by Crippen LogP contribution is 2.32. The molecule has 0 fully saturated rings. The largest absolute Gasteiger partial charge is 0.512 e. The highest BCUT2D eigenvalue weighted by molar-refractivity contribution is 7.99. The topological polar surface area (TPSA) is 58.9 Å². The summed E-state index contributed by atoms with van der Waals surface area (Å²) in [6.45, 7) is 6.38. The number of hydrogen-bond donors (Lipinski definition) is 1. The summed E-state index contributed by atoms with van der Waals surface area (Å²) in [4.78, 5) is 17.4. The minimum absolute atomic E-state index is 0.0302. The summed E-state index contributed by atoms with van der Waals surface area (Å²) >= 11 is 7.28. The molecule has 0 spiro atoms. The van der Waals surface area contributed by atoms with Crippen LogP contribution in [0.4, 0.5) is 0 Å². The van der Waals surface area contributed by atoms with Gasteiger partial charge in [-0.2, -0.15) is 11.8 Å². The van der Waals surface area contributed by atoms with Crippen molar-refractivity contribution < 1.29 is 14.7 Å². The van der Waals surface area contributed by atoms with Crippen LogP contribution in [0, 0.1) is 5.92 Å². The fourth-order valence-electron chi connectivity index (χ4n) is 2.72. The van der Waals surface area contributed by atoms with Gasteiger partial charge in [0.2, 0.25) is 0 Å². The van der Waals surface area contributed by atoms with Crippen molar-refractivity contribution in [3.05, 3.63) is 22.9 Å². The van der Waals surface area contributed by atoms with Gasteiger partial charge in [0, 0.05) is 35.6 Å². The van der Waals surface area contributed by atoms with E-state index in [9.17, 15) is 9.90 Å².